The van der Waals surface area contributed by atoms with Crippen LogP contribution in [0.25, 0.3) is 16.3 Å². The molecule has 2 aliphatic rings. The molecule has 238 valence electrons. The van der Waals surface area contributed by atoms with Gasteiger partial charge in [-0.25, -0.2) is 39.9 Å². The molecule has 0 saturated carbocycles. The van der Waals surface area contributed by atoms with Gasteiger partial charge < -0.3 is 49.7 Å². The molecule has 1 saturated heterocycles. The van der Waals surface area contributed by atoms with Crippen molar-refractivity contribution in [3.05, 3.63) is 106 Å². The van der Waals surface area contributed by atoms with Crippen LogP contribution in [0.4, 0.5) is 21.6 Å². The van der Waals surface area contributed by atoms with Crippen molar-refractivity contribution >= 4 is 46.4 Å². The Balaban J connectivity index is 0.00000276. The van der Waals surface area contributed by atoms with E-state index in [9.17, 15) is 4.79 Å². The van der Waals surface area contributed by atoms with Gasteiger partial charge in [0.05, 0.1) is 23.3 Å². The molecule has 2 aliphatic heterocycles. The number of hydrogen-bond donors (Lipinski definition) is 1. The van der Waals surface area contributed by atoms with Crippen molar-refractivity contribution in [2.75, 3.05) is 29.9 Å². The molecule has 3 aromatic rings. The zero-order valence-electron chi connectivity index (χ0n) is 27.8. The Morgan fingerprint density at radius 3 is 2.81 bits per heavy atom. The summed E-state index contributed by atoms with van der Waals surface area (Å²) in [5.74, 6) is 1.74. The maximum atomic E-state index is 16.4. The number of carbonyl (C=O) groups is 1. The molecule has 3 heterocycles. The number of rotatable bonds is 11. The molecule has 2 aromatic carbocycles. The first-order valence-electron chi connectivity index (χ1n) is 14.0. The van der Waals surface area contributed by atoms with Gasteiger partial charge >= 0.3 is 37.7 Å². The molecule has 9 nitrogen and oxygen atoms in total. The smallest absolute Gasteiger partial charge is 0.577 e. The van der Waals surface area contributed by atoms with Crippen molar-refractivity contribution in [3.63, 3.8) is 0 Å². The number of hydrogen-bond acceptors (Lipinski definition) is 7. The van der Waals surface area contributed by atoms with Crippen LogP contribution in [0.15, 0.2) is 65.6 Å². The molecule has 5 rings (SSSR count). The van der Waals surface area contributed by atoms with Gasteiger partial charge in [0.25, 0.3) is 0 Å². The van der Waals surface area contributed by atoms with E-state index in [1.165, 1.54) is 30.6 Å². The Hall–Kier alpha value is -3.80. The van der Waals surface area contributed by atoms with Crippen LogP contribution in [0.3, 0.4) is 0 Å². The van der Waals surface area contributed by atoms with Gasteiger partial charge in [0.1, 0.15) is 29.3 Å². The molecule has 2 bridgehead atoms. The topological polar surface area (TPSA) is 111 Å². The van der Waals surface area contributed by atoms with E-state index in [2.05, 4.69) is 33.4 Å². The largest absolute Gasteiger partial charge is 1.00 e. The summed E-state index contributed by atoms with van der Waals surface area (Å²) in [6.45, 7) is 12.8. The summed E-state index contributed by atoms with van der Waals surface area (Å²) in [5.41, 5.74) is 2.29. The fraction of sp³-hybridized carbons (Fsp3) is 0.257. The average Bonchev–Trinajstić information content (AvgIpc) is 3.14. The van der Waals surface area contributed by atoms with Crippen LogP contribution in [0.1, 0.15) is 24.8 Å². The summed E-state index contributed by atoms with van der Waals surface area (Å²) >= 11 is 0. The van der Waals surface area contributed by atoms with Crippen molar-refractivity contribution in [1.29, 1.82) is 0 Å². The van der Waals surface area contributed by atoms with Crippen molar-refractivity contribution in [1.82, 2.24) is 9.97 Å². The molecule has 12 heteroatoms. The summed E-state index contributed by atoms with van der Waals surface area (Å²) in [4.78, 5) is 26.2. The molecule has 0 amide bonds. The Labute approximate surface area is 301 Å². The first-order chi connectivity index (χ1) is 20.9. The van der Waals surface area contributed by atoms with Crippen molar-refractivity contribution in [3.8, 4) is 11.5 Å². The van der Waals surface area contributed by atoms with Gasteiger partial charge in [-0.15, -0.1) is 6.08 Å². The van der Waals surface area contributed by atoms with E-state index in [0.717, 1.165) is 18.4 Å². The Bertz CT molecular complexity index is 1650. The molecule has 1 fully saturated rings. The van der Waals surface area contributed by atoms with Crippen LogP contribution in [-0.2, 0) is 4.79 Å². The van der Waals surface area contributed by atoms with Crippen LogP contribution in [0, 0.1) is 52.9 Å². The molecule has 2 atom stereocenters. The predicted octanol–water partition coefficient (Wildman–Crippen LogP) is 1.10. The molecule has 0 radical (unpaired) electrons. The van der Waals surface area contributed by atoms with Crippen LogP contribution < -0.4 is 57.4 Å². The number of aliphatic imine (C=N–C) groups is 1. The van der Waals surface area contributed by atoms with E-state index in [4.69, 9.17) is 21.5 Å². The van der Waals surface area contributed by atoms with Crippen molar-refractivity contribution in [2.45, 2.75) is 26.2 Å². The fourth-order valence-electron chi connectivity index (χ4n) is 5.59. The number of anilines is 3. The third-order valence-corrected chi connectivity index (χ3v) is 7.70. The summed E-state index contributed by atoms with van der Waals surface area (Å²) in [7, 11) is 0. The number of benzene rings is 2. The van der Waals surface area contributed by atoms with E-state index >= 15 is 4.39 Å². The van der Waals surface area contributed by atoms with Gasteiger partial charge in [-0.05, 0) is 55.9 Å². The second-order valence-corrected chi connectivity index (χ2v) is 10.4. The van der Waals surface area contributed by atoms with Gasteiger partial charge in [0.15, 0.2) is 5.82 Å². The molecular weight excluding hydrogens is 585 g/mol. The summed E-state index contributed by atoms with van der Waals surface area (Å²) in [6.07, 6.45) is 12.2. The number of nitrogens with one attached hydrogen (secondary N) is 1. The Morgan fingerprint density at radius 1 is 1.32 bits per heavy atom. The van der Waals surface area contributed by atoms with Crippen LogP contribution in [-0.4, -0.2) is 48.0 Å². The first kappa shape index (κ1) is 41.2. The van der Waals surface area contributed by atoms with E-state index < -0.39 is 5.82 Å². The number of piperidine rings is 1. The predicted molar refractivity (Wildman–Crippen MR) is 179 cm³/mol. The van der Waals surface area contributed by atoms with Gasteiger partial charge in [0, 0.05) is 36.5 Å². The molecule has 1 aromatic heterocycles. The normalized spacial score (nSPS) is 16.7. The van der Waals surface area contributed by atoms with Crippen LogP contribution >= 0.6 is 0 Å². The van der Waals surface area contributed by atoms with E-state index in [-0.39, 0.29) is 75.4 Å². The third-order valence-electron chi connectivity index (χ3n) is 7.70. The zero-order chi connectivity index (χ0) is 30.3. The molecule has 0 aliphatic carbocycles. The number of fused-ring (bicyclic) bond motifs is 5. The number of allylic oxidation sites excluding steroid dienone is 4. The SMILES string of the molecule is [CH-]=C/C(=C\[C-]=NC=[N-])Oc1ccc(Nc2ncnc3cc4c(c(F)c23)N2CCC(CCC(=O)/C=C/[CH2-])[C@H](CO4)C2)cc1C.[CH3-].[CH3-].[Li+].[Li+]. The molecule has 1 N–H and O–H groups in total. The summed E-state index contributed by atoms with van der Waals surface area (Å²) in [5, 5.41) is 12.2. The number of aromatic nitrogens is 2. The minimum atomic E-state index is -0.437. The number of ketones is 1. The van der Waals surface area contributed by atoms with Crippen LogP contribution in [0.2, 0.25) is 0 Å². The van der Waals surface area contributed by atoms with Gasteiger partial charge in [-0.2, -0.15) is 12.2 Å². The number of halogens is 1. The fourth-order valence-corrected chi connectivity index (χ4v) is 5.59. The standard InChI is InChI=1S/C33H31FN6O3.2CH3.2Li/c1-4-6-25(41)9-7-22-12-14-40-17-23(22)18-42-29-16-27-30(31(34)32(29)40)33(38-20-37-27)39-24-8-10-28(21(3)15-24)43-26(5-2)11-13-36-19-35;;;;/h2,4-6,8,10-11,15-16,19-20,22-23H,1,7,9,12,14,17-18H2,3H3,(H,37,38,39);2*1H3;;/q-4;2*-1;2*+1/b6-4+,26-11+;;;;/t22?,23-;;;;/m0..../s1. The molecule has 47 heavy (non-hydrogen) atoms. The second-order valence-electron chi connectivity index (χ2n) is 10.4. The van der Waals surface area contributed by atoms with E-state index in [1.54, 1.807) is 18.2 Å². The molecule has 1 unspecified atom stereocenters. The number of carbonyl (C=O) groups excluding carboxylic acids is 1. The number of nitrogens with zero attached hydrogens (tertiary/aromatic N) is 5. The van der Waals surface area contributed by atoms with Gasteiger partial charge in [-0.1, -0.05) is 0 Å². The van der Waals surface area contributed by atoms with E-state index in [1.807, 2.05) is 17.9 Å². The van der Waals surface area contributed by atoms with Gasteiger partial charge in [0.2, 0.25) is 0 Å². The Kier molecular flexibility index (Phi) is 16.8. The average molecular weight is 623 g/mol. The van der Waals surface area contributed by atoms with Crippen molar-refractivity contribution in [2.24, 2.45) is 16.8 Å². The third kappa shape index (κ3) is 9.62. The van der Waals surface area contributed by atoms with Crippen molar-refractivity contribution < 1.29 is 56.4 Å². The molecule has 0 spiro atoms. The van der Waals surface area contributed by atoms with E-state index in [0.29, 0.717) is 72.6 Å². The first-order valence-corrected chi connectivity index (χ1v) is 14.0. The number of aryl methyl sites for hydroxylation is 1. The second kappa shape index (κ2) is 19.1. The summed E-state index contributed by atoms with van der Waals surface area (Å²) in [6, 6.07) is 7.14. The molecular formula is C35H37FLi2N6O3-4. The quantitative estimate of drug-likeness (QED) is 0.0649. The monoisotopic (exact) mass is 622 g/mol. The number of ether oxygens (including phenoxy) is 2. The van der Waals surface area contributed by atoms with Gasteiger partial charge in [-0.3, -0.25) is 6.58 Å². The van der Waals surface area contributed by atoms with Crippen LogP contribution in [0.5, 0.6) is 11.5 Å². The maximum Gasteiger partial charge on any atom is 1.00 e. The Morgan fingerprint density at radius 2 is 2.11 bits per heavy atom. The minimum absolute atomic E-state index is 0. The summed E-state index contributed by atoms with van der Waals surface area (Å²) < 4.78 is 28.4. The maximum absolute atomic E-state index is 16.4. The zero-order valence-corrected chi connectivity index (χ0v) is 27.8. The minimum Gasteiger partial charge on any atom is -0.577 e.